The molecule has 3 rings (SSSR count). The van der Waals surface area contributed by atoms with Crippen molar-refractivity contribution >= 4 is 21.4 Å². The quantitative estimate of drug-likeness (QED) is 0.488. The first kappa shape index (κ1) is 18.6. The Morgan fingerprint density at radius 3 is 2.59 bits per heavy atom. The molecule has 0 radical (unpaired) electrons. The number of nitrogens with zero attached hydrogens (tertiary/aromatic N) is 2. The molecule has 0 unspecified atom stereocenters. The van der Waals surface area contributed by atoms with Gasteiger partial charge in [-0.25, -0.2) is 8.42 Å². The number of nitrogens with one attached hydrogen (secondary N) is 1. The summed E-state index contributed by atoms with van der Waals surface area (Å²) in [5, 5.41) is 13.8. The van der Waals surface area contributed by atoms with E-state index in [9.17, 15) is 23.3 Å². The first-order valence-corrected chi connectivity index (χ1v) is 9.54. The molecule has 0 aliphatic carbocycles. The van der Waals surface area contributed by atoms with Crippen molar-refractivity contribution in [1.82, 2.24) is 10.2 Å². The number of likely N-dealkylation sites (N-methyl/N-ethyl adjacent to an activating group) is 1. The van der Waals surface area contributed by atoms with Crippen LogP contribution in [0.15, 0.2) is 64.5 Å². The fourth-order valence-electron chi connectivity index (χ4n) is 2.81. The number of benzene rings is 2. The summed E-state index contributed by atoms with van der Waals surface area (Å²) in [6.45, 7) is 0.315. The minimum Gasteiger partial charge on any atom is -0.386 e. The van der Waals surface area contributed by atoms with Gasteiger partial charge in [0.25, 0.3) is 11.6 Å². The van der Waals surface area contributed by atoms with E-state index in [1.54, 1.807) is 0 Å². The number of rotatable bonds is 4. The van der Waals surface area contributed by atoms with Gasteiger partial charge < -0.3 is 10.2 Å². The molecular weight excluding hydrogens is 370 g/mol. The van der Waals surface area contributed by atoms with Gasteiger partial charge in [0.1, 0.15) is 0 Å². The number of carbonyl (C=O) groups is 1. The van der Waals surface area contributed by atoms with Gasteiger partial charge in [-0.15, -0.1) is 0 Å². The highest BCUT2D eigenvalue weighted by molar-refractivity contribution is 7.96. The van der Waals surface area contributed by atoms with E-state index in [1.807, 2.05) is 30.3 Å². The topological polar surface area (TPSA) is 110 Å². The molecule has 1 amide bonds. The molecule has 8 nitrogen and oxygen atoms in total. The van der Waals surface area contributed by atoms with Crippen molar-refractivity contribution in [3.63, 3.8) is 0 Å². The molecule has 1 heterocycles. The molecule has 0 bridgehead atoms. The van der Waals surface area contributed by atoms with Crippen molar-refractivity contribution < 1.29 is 18.1 Å². The molecule has 140 valence electrons. The molecule has 1 N–H and O–H groups in total. The summed E-state index contributed by atoms with van der Waals surface area (Å²) in [7, 11) is -2.66. The van der Waals surface area contributed by atoms with E-state index in [0.717, 1.165) is 11.6 Å². The summed E-state index contributed by atoms with van der Waals surface area (Å²) in [6, 6.07) is 12.8. The van der Waals surface area contributed by atoms with E-state index >= 15 is 0 Å². The number of fused-ring (bicyclic) bond motifs is 1. The van der Waals surface area contributed by atoms with Crippen molar-refractivity contribution in [1.29, 1.82) is 0 Å². The van der Waals surface area contributed by atoms with Gasteiger partial charge in [-0.2, -0.15) is 0 Å². The van der Waals surface area contributed by atoms with Gasteiger partial charge in [0.15, 0.2) is 4.91 Å². The van der Waals surface area contributed by atoms with E-state index in [-0.39, 0.29) is 22.7 Å². The van der Waals surface area contributed by atoms with E-state index in [2.05, 4.69) is 5.32 Å². The van der Waals surface area contributed by atoms with Gasteiger partial charge in [-0.05, 0) is 17.2 Å². The van der Waals surface area contributed by atoms with Crippen LogP contribution in [0.4, 0.5) is 5.69 Å². The highest BCUT2D eigenvalue weighted by atomic mass is 32.2. The molecule has 2 aromatic carbocycles. The lowest BCUT2D eigenvalue weighted by molar-refractivity contribution is -0.385. The zero-order valence-electron chi connectivity index (χ0n) is 14.5. The number of nitro benzene ring substituents is 1. The minimum atomic E-state index is -4.11. The van der Waals surface area contributed by atoms with E-state index < -0.39 is 25.6 Å². The summed E-state index contributed by atoms with van der Waals surface area (Å²) in [5.74, 6) is -0.672. The Morgan fingerprint density at radius 1 is 1.22 bits per heavy atom. The third kappa shape index (κ3) is 3.68. The highest BCUT2D eigenvalue weighted by Gasteiger charge is 2.35. The fourth-order valence-corrected chi connectivity index (χ4v) is 4.39. The standard InChI is InChI=1S/C18H17N3O5S/c1-20-12-14-9-15(21(23)24)7-8-16(14)27(25,26)17(18(20)22)11-19-10-13-5-3-2-4-6-13/h2-9,11,19H,10,12H2,1H3/b17-11+. The predicted octanol–water partition coefficient (Wildman–Crippen LogP) is 1.97. The van der Waals surface area contributed by atoms with Crippen LogP contribution in [0.25, 0.3) is 0 Å². The van der Waals surface area contributed by atoms with Crippen LogP contribution in [-0.4, -0.2) is 31.2 Å². The molecule has 0 atom stereocenters. The Labute approximate surface area is 156 Å². The molecule has 0 aromatic heterocycles. The summed E-state index contributed by atoms with van der Waals surface area (Å²) in [5.41, 5.74) is 0.920. The first-order valence-electron chi connectivity index (χ1n) is 8.06. The van der Waals surface area contributed by atoms with Crippen LogP contribution >= 0.6 is 0 Å². The largest absolute Gasteiger partial charge is 0.386 e. The predicted molar refractivity (Wildman–Crippen MR) is 98.1 cm³/mol. The second-order valence-electron chi connectivity index (χ2n) is 6.09. The van der Waals surface area contributed by atoms with E-state index in [1.165, 1.54) is 30.3 Å². The van der Waals surface area contributed by atoms with Gasteiger partial charge in [0.05, 0.1) is 9.82 Å². The Kier molecular flexibility index (Phi) is 4.95. The molecule has 1 aliphatic heterocycles. The zero-order chi connectivity index (χ0) is 19.6. The van der Waals surface area contributed by atoms with Crippen LogP contribution in [0.5, 0.6) is 0 Å². The lowest BCUT2D eigenvalue weighted by Gasteiger charge is -2.14. The fraction of sp³-hybridized carbons (Fsp3) is 0.167. The summed E-state index contributed by atoms with van der Waals surface area (Å²) in [4.78, 5) is 23.7. The SMILES string of the molecule is CN1Cc2cc([N+](=O)[O-])ccc2S(=O)(=O)/C(=C/NCc2ccccc2)C1=O. The van der Waals surface area contributed by atoms with Crippen LogP contribution in [-0.2, 0) is 27.7 Å². The van der Waals surface area contributed by atoms with Gasteiger partial charge in [-0.1, -0.05) is 30.3 Å². The molecular formula is C18H17N3O5S. The average Bonchev–Trinajstić information content (AvgIpc) is 2.71. The molecule has 2 aromatic rings. The molecule has 0 saturated heterocycles. The third-order valence-corrected chi connectivity index (χ3v) is 6.03. The summed E-state index contributed by atoms with van der Waals surface area (Å²) >= 11 is 0. The molecule has 1 aliphatic rings. The lowest BCUT2D eigenvalue weighted by atomic mass is 10.2. The van der Waals surface area contributed by atoms with Gasteiger partial charge in [0, 0.05) is 38.5 Å². The molecule has 0 spiro atoms. The van der Waals surface area contributed by atoms with Crippen molar-refractivity contribution in [2.75, 3.05) is 7.05 Å². The average molecular weight is 387 g/mol. The Balaban J connectivity index is 1.99. The van der Waals surface area contributed by atoms with Crippen molar-refractivity contribution in [2.45, 2.75) is 18.0 Å². The van der Waals surface area contributed by atoms with Crippen molar-refractivity contribution in [2.24, 2.45) is 0 Å². The first-order chi connectivity index (χ1) is 12.8. The van der Waals surface area contributed by atoms with Gasteiger partial charge >= 0.3 is 0 Å². The Morgan fingerprint density at radius 2 is 1.93 bits per heavy atom. The molecule has 0 fully saturated rings. The van der Waals surface area contributed by atoms with E-state index in [4.69, 9.17) is 0 Å². The number of sulfone groups is 1. The van der Waals surface area contributed by atoms with Crippen LogP contribution < -0.4 is 5.32 Å². The lowest BCUT2D eigenvalue weighted by Crippen LogP contribution is -2.28. The van der Waals surface area contributed by atoms with Crippen LogP contribution in [0.2, 0.25) is 0 Å². The number of non-ortho nitro benzene ring substituents is 1. The van der Waals surface area contributed by atoms with Crippen LogP contribution in [0.1, 0.15) is 11.1 Å². The van der Waals surface area contributed by atoms with E-state index in [0.29, 0.717) is 6.54 Å². The second-order valence-corrected chi connectivity index (χ2v) is 7.98. The zero-order valence-corrected chi connectivity index (χ0v) is 15.3. The van der Waals surface area contributed by atoms with Crippen LogP contribution in [0.3, 0.4) is 0 Å². The molecule has 9 heteroatoms. The van der Waals surface area contributed by atoms with Crippen molar-refractivity contribution in [3.8, 4) is 0 Å². The normalized spacial score (nSPS) is 17.3. The third-order valence-electron chi connectivity index (χ3n) is 4.18. The Hall–Kier alpha value is -3.20. The summed E-state index contributed by atoms with van der Waals surface area (Å²) in [6.07, 6.45) is 1.19. The van der Waals surface area contributed by atoms with Gasteiger partial charge in [0.2, 0.25) is 9.84 Å². The maximum atomic E-state index is 13.0. The number of hydrogen-bond acceptors (Lipinski definition) is 6. The monoisotopic (exact) mass is 387 g/mol. The molecule has 0 saturated carbocycles. The van der Waals surface area contributed by atoms with Crippen LogP contribution in [0, 0.1) is 10.1 Å². The molecule has 27 heavy (non-hydrogen) atoms. The second kappa shape index (κ2) is 7.20. The maximum absolute atomic E-state index is 13.0. The Bertz CT molecular complexity index is 1030. The number of amides is 1. The van der Waals surface area contributed by atoms with Crippen molar-refractivity contribution in [3.05, 3.63) is 80.9 Å². The number of nitro groups is 1. The maximum Gasteiger partial charge on any atom is 0.269 e. The smallest absolute Gasteiger partial charge is 0.269 e. The van der Waals surface area contributed by atoms with Gasteiger partial charge in [-0.3, -0.25) is 14.9 Å². The summed E-state index contributed by atoms with van der Waals surface area (Å²) < 4.78 is 26.0. The highest BCUT2D eigenvalue weighted by Crippen LogP contribution is 2.31. The minimum absolute atomic E-state index is 0.0366. The number of carbonyl (C=O) groups excluding carboxylic acids is 1. The number of hydrogen-bond donors (Lipinski definition) is 1.